The SMILES string of the molecule is CCCCCCc1cc(O)n(OC)c1O. The number of hydrogen-bond donors (Lipinski definition) is 2. The Kier molecular flexibility index (Phi) is 4.34. The molecule has 1 rings (SSSR count). The van der Waals surface area contributed by atoms with Crippen molar-refractivity contribution in [3.05, 3.63) is 11.6 Å². The van der Waals surface area contributed by atoms with Crippen LogP contribution < -0.4 is 4.84 Å². The van der Waals surface area contributed by atoms with E-state index < -0.39 is 0 Å². The summed E-state index contributed by atoms with van der Waals surface area (Å²) >= 11 is 0. The molecule has 1 aromatic rings. The van der Waals surface area contributed by atoms with Crippen molar-refractivity contribution in [3.63, 3.8) is 0 Å². The highest BCUT2D eigenvalue weighted by Gasteiger charge is 2.13. The van der Waals surface area contributed by atoms with Gasteiger partial charge in [-0.3, -0.25) is 0 Å². The van der Waals surface area contributed by atoms with Gasteiger partial charge in [0, 0.05) is 11.6 Å². The third kappa shape index (κ3) is 2.81. The highest BCUT2D eigenvalue weighted by Crippen LogP contribution is 2.27. The van der Waals surface area contributed by atoms with Gasteiger partial charge in [-0.25, -0.2) is 0 Å². The summed E-state index contributed by atoms with van der Waals surface area (Å²) in [6.07, 6.45) is 5.34. The van der Waals surface area contributed by atoms with Crippen LogP contribution in [0.1, 0.15) is 38.2 Å². The first-order valence-corrected chi connectivity index (χ1v) is 5.37. The van der Waals surface area contributed by atoms with Gasteiger partial charge in [-0.2, -0.15) is 0 Å². The fourth-order valence-electron chi connectivity index (χ4n) is 1.62. The number of rotatable bonds is 6. The van der Waals surface area contributed by atoms with Crippen LogP contribution in [0.2, 0.25) is 0 Å². The molecule has 0 aliphatic carbocycles. The van der Waals surface area contributed by atoms with Crippen LogP contribution in [0.3, 0.4) is 0 Å². The number of aromatic nitrogens is 1. The van der Waals surface area contributed by atoms with Crippen molar-refractivity contribution >= 4 is 0 Å². The summed E-state index contributed by atoms with van der Waals surface area (Å²) < 4.78 is 1.02. The largest absolute Gasteiger partial charge is 0.492 e. The lowest BCUT2D eigenvalue weighted by molar-refractivity contribution is 0.119. The monoisotopic (exact) mass is 213 g/mol. The maximum absolute atomic E-state index is 9.64. The zero-order valence-electron chi connectivity index (χ0n) is 9.36. The molecule has 4 heteroatoms. The van der Waals surface area contributed by atoms with Crippen molar-refractivity contribution in [2.75, 3.05) is 7.11 Å². The van der Waals surface area contributed by atoms with Crippen LogP contribution >= 0.6 is 0 Å². The van der Waals surface area contributed by atoms with Gasteiger partial charge in [0.1, 0.15) is 7.11 Å². The number of unbranched alkanes of at least 4 members (excludes halogenated alkanes) is 3. The summed E-state index contributed by atoms with van der Waals surface area (Å²) in [5.74, 6) is -0.0491. The van der Waals surface area contributed by atoms with Crippen molar-refractivity contribution in [1.29, 1.82) is 0 Å². The third-order valence-corrected chi connectivity index (χ3v) is 2.47. The minimum atomic E-state index is -0.0551. The van der Waals surface area contributed by atoms with Crippen LogP contribution in [-0.2, 0) is 6.42 Å². The fraction of sp³-hybridized carbons (Fsp3) is 0.636. The number of nitrogens with zero attached hydrogens (tertiary/aromatic N) is 1. The topological polar surface area (TPSA) is 54.6 Å². The summed E-state index contributed by atoms with van der Waals surface area (Å²) in [5.41, 5.74) is 0.741. The molecule has 15 heavy (non-hydrogen) atoms. The molecule has 0 spiro atoms. The van der Waals surface area contributed by atoms with Crippen LogP contribution in [0.15, 0.2) is 6.07 Å². The van der Waals surface area contributed by atoms with E-state index >= 15 is 0 Å². The van der Waals surface area contributed by atoms with E-state index in [0.29, 0.717) is 0 Å². The molecule has 0 atom stereocenters. The van der Waals surface area contributed by atoms with E-state index in [0.717, 1.165) is 29.6 Å². The summed E-state index contributed by atoms with van der Waals surface area (Å²) in [5, 5.41) is 19.0. The van der Waals surface area contributed by atoms with Crippen LogP contribution in [0.4, 0.5) is 0 Å². The summed E-state index contributed by atoms with van der Waals surface area (Å²) in [4.78, 5) is 4.80. The lowest BCUT2D eigenvalue weighted by Crippen LogP contribution is -2.03. The summed E-state index contributed by atoms with van der Waals surface area (Å²) in [6.45, 7) is 2.16. The first-order valence-electron chi connectivity index (χ1n) is 5.37. The van der Waals surface area contributed by atoms with Crippen molar-refractivity contribution < 1.29 is 15.1 Å². The Hall–Kier alpha value is -1.32. The van der Waals surface area contributed by atoms with E-state index in [-0.39, 0.29) is 11.8 Å². The minimum Gasteiger partial charge on any atom is -0.492 e. The summed E-state index contributed by atoms with van der Waals surface area (Å²) in [7, 11) is 1.40. The maximum atomic E-state index is 9.64. The molecule has 0 radical (unpaired) electrons. The smallest absolute Gasteiger partial charge is 0.232 e. The molecule has 0 unspecified atom stereocenters. The number of hydrogen-bond acceptors (Lipinski definition) is 3. The molecule has 1 heterocycles. The molecule has 0 fully saturated rings. The molecule has 0 bridgehead atoms. The van der Waals surface area contributed by atoms with Crippen LogP contribution in [0.25, 0.3) is 0 Å². The molecule has 2 N–H and O–H groups in total. The maximum Gasteiger partial charge on any atom is 0.232 e. The van der Waals surface area contributed by atoms with Gasteiger partial charge in [-0.05, 0) is 12.8 Å². The Labute approximate surface area is 90.1 Å². The molecule has 0 saturated heterocycles. The molecule has 0 saturated carbocycles. The molecular formula is C11H19NO3. The first-order chi connectivity index (χ1) is 7.20. The van der Waals surface area contributed by atoms with Crippen molar-refractivity contribution in [2.24, 2.45) is 0 Å². The third-order valence-electron chi connectivity index (χ3n) is 2.47. The number of aryl methyl sites for hydroxylation is 1. The second kappa shape index (κ2) is 5.53. The fourth-order valence-corrected chi connectivity index (χ4v) is 1.62. The van der Waals surface area contributed by atoms with Gasteiger partial charge in [0.05, 0.1) is 0 Å². The van der Waals surface area contributed by atoms with Crippen molar-refractivity contribution in [3.8, 4) is 11.8 Å². The normalized spacial score (nSPS) is 10.5. The van der Waals surface area contributed by atoms with Gasteiger partial charge < -0.3 is 15.1 Å². The molecule has 0 aliphatic heterocycles. The Morgan fingerprint density at radius 3 is 2.53 bits per heavy atom. The van der Waals surface area contributed by atoms with E-state index in [1.165, 1.54) is 20.0 Å². The Morgan fingerprint density at radius 1 is 1.27 bits per heavy atom. The van der Waals surface area contributed by atoms with Gasteiger partial charge in [0.15, 0.2) is 0 Å². The average molecular weight is 213 g/mol. The van der Waals surface area contributed by atoms with E-state index in [1.54, 1.807) is 6.07 Å². The van der Waals surface area contributed by atoms with Crippen LogP contribution in [0, 0.1) is 0 Å². The molecule has 4 nitrogen and oxygen atoms in total. The lowest BCUT2D eigenvalue weighted by atomic mass is 10.1. The number of aromatic hydroxyl groups is 2. The highest BCUT2D eigenvalue weighted by molar-refractivity contribution is 5.34. The van der Waals surface area contributed by atoms with E-state index in [9.17, 15) is 10.2 Å². The molecule has 1 aromatic heterocycles. The Morgan fingerprint density at radius 2 is 2.00 bits per heavy atom. The predicted octanol–water partition coefficient (Wildman–Crippen LogP) is 2.08. The standard InChI is InChI=1S/C11H19NO3/c1-3-4-5-6-7-9-8-10(13)12(15-2)11(9)14/h8,13-14H,3-7H2,1-2H3. The highest BCUT2D eigenvalue weighted by atomic mass is 16.7. The van der Waals surface area contributed by atoms with Crippen molar-refractivity contribution in [1.82, 2.24) is 4.73 Å². The second-order valence-electron chi connectivity index (χ2n) is 3.64. The van der Waals surface area contributed by atoms with Gasteiger partial charge in [0.2, 0.25) is 11.8 Å². The van der Waals surface area contributed by atoms with Crippen molar-refractivity contribution in [2.45, 2.75) is 39.0 Å². The van der Waals surface area contributed by atoms with Gasteiger partial charge in [-0.15, -0.1) is 4.73 Å². The first kappa shape index (κ1) is 11.8. The second-order valence-corrected chi connectivity index (χ2v) is 3.64. The lowest BCUT2D eigenvalue weighted by Gasteiger charge is -2.03. The van der Waals surface area contributed by atoms with E-state index in [2.05, 4.69) is 6.92 Å². The molecule has 86 valence electrons. The minimum absolute atomic E-state index is 0.00602. The zero-order valence-corrected chi connectivity index (χ0v) is 9.36. The molecule has 0 amide bonds. The summed E-state index contributed by atoms with van der Waals surface area (Å²) in [6, 6.07) is 1.55. The molecule has 0 aliphatic rings. The van der Waals surface area contributed by atoms with E-state index in [4.69, 9.17) is 4.84 Å². The predicted molar refractivity (Wildman–Crippen MR) is 58.1 cm³/mol. The average Bonchev–Trinajstić information content (AvgIpc) is 2.49. The molecular weight excluding hydrogens is 194 g/mol. The Bertz CT molecular complexity index is 307. The quantitative estimate of drug-likeness (QED) is 0.711. The zero-order chi connectivity index (χ0) is 11.3. The van der Waals surface area contributed by atoms with Gasteiger partial charge >= 0.3 is 0 Å². The van der Waals surface area contributed by atoms with E-state index in [1.807, 2.05) is 0 Å². The van der Waals surface area contributed by atoms with Gasteiger partial charge in [-0.1, -0.05) is 26.2 Å². The van der Waals surface area contributed by atoms with Gasteiger partial charge in [0.25, 0.3) is 0 Å². The molecule has 0 aromatic carbocycles. The van der Waals surface area contributed by atoms with Crippen LogP contribution in [-0.4, -0.2) is 22.1 Å². The van der Waals surface area contributed by atoms with Crippen LogP contribution in [0.5, 0.6) is 11.8 Å². The Balaban J connectivity index is 2.54.